The van der Waals surface area contributed by atoms with Crippen LogP contribution < -0.4 is 10.9 Å². The molecule has 1 N–H and O–H groups in total. The van der Waals surface area contributed by atoms with Crippen LogP contribution in [0.2, 0.25) is 0 Å². The number of allylic oxidation sites excluding steroid dienone is 2. The van der Waals surface area contributed by atoms with E-state index in [0.717, 1.165) is 43.5 Å². The van der Waals surface area contributed by atoms with Crippen LogP contribution in [0.1, 0.15) is 37.7 Å². The Morgan fingerprint density at radius 3 is 2.62 bits per heavy atom. The summed E-state index contributed by atoms with van der Waals surface area (Å²) in [6.45, 7) is 0.434. The van der Waals surface area contributed by atoms with Crippen LogP contribution in [0.25, 0.3) is 10.9 Å². The molecule has 0 saturated heterocycles. The van der Waals surface area contributed by atoms with Crippen molar-refractivity contribution in [1.82, 2.24) is 9.55 Å². The monoisotopic (exact) mass is 487 g/mol. The maximum atomic E-state index is 13.2. The number of fused-ring (bicyclic) bond motifs is 1. The molecule has 0 aliphatic heterocycles. The lowest BCUT2D eigenvalue weighted by Crippen LogP contribution is -2.25. The number of anilines is 1. The van der Waals surface area contributed by atoms with E-state index < -0.39 is 17.6 Å². The van der Waals surface area contributed by atoms with Gasteiger partial charge in [-0.25, -0.2) is 4.98 Å². The van der Waals surface area contributed by atoms with Crippen molar-refractivity contribution in [3.05, 3.63) is 76.1 Å². The van der Waals surface area contributed by atoms with Crippen LogP contribution in [0.3, 0.4) is 0 Å². The van der Waals surface area contributed by atoms with Crippen molar-refractivity contribution < 1.29 is 18.0 Å². The van der Waals surface area contributed by atoms with E-state index in [1.165, 1.54) is 30.2 Å². The van der Waals surface area contributed by atoms with Crippen LogP contribution in [0.15, 0.2) is 70.1 Å². The molecule has 3 aromatic rings. The number of benzene rings is 2. The topological polar surface area (TPSA) is 64.0 Å². The Balaban J connectivity index is 1.54. The molecule has 2 aromatic carbocycles. The smallest absolute Gasteiger partial charge is 0.325 e. The Labute approximate surface area is 199 Å². The van der Waals surface area contributed by atoms with Crippen LogP contribution in [-0.4, -0.2) is 21.2 Å². The fourth-order valence-corrected chi connectivity index (χ4v) is 4.82. The zero-order valence-electron chi connectivity index (χ0n) is 18.4. The van der Waals surface area contributed by atoms with Crippen LogP contribution in [-0.2, 0) is 17.5 Å². The zero-order chi connectivity index (χ0) is 24.1. The minimum Gasteiger partial charge on any atom is -0.325 e. The number of thioether (sulfide) groups is 1. The fraction of sp³-hybridized carbons (Fsp3) is 0.320. The maximum Gasteiger partial charge on any atom is 0.418 e. The standard InChI is InChI=1S/C25H24F3N3O2S/c26-25(27,28)19-11-5-7-13-21(19)29-22(32)16-34-24-30-20-12-6-4-10-18(20)23(33)31(24)15-14-17-8-2-1-3-9-17/h4-8,10-13H,1-3,9,14-16H2,(H,29,32). The summed E-state index contributed by atoms with van der Waals surface area (Å²) in [7, 11) is 0. The molecule has 1 aromatic heterocycles. The van der Waals surface area contributed by atoms with Crippen molar-refractivity contribution in [3.63, 3.8) is 0 Å². The van der Waals surface area contributed by atoms with Gasteiger partial charge in [0, 0.05) is 6.54 Å². The van der Waals surface area contributed by atoms with Gasteiger partial charge in [-0.05, 0) is 56.4 Å². The van der Waals surface area contributed by atoms with Crippen molar-refractivity contribution in [2.24, 2.45) is 0 Å². The zero-order valence-corrected chi connectivity index (χ0v) is 19.2. The van der Waals surface area contributed by atoms with Gasteiger partial charge in [0.05, 0.1) is 27.9 Å². The molecule has 34 heavy (non-hydrogen) atoms. The summed E-state index contributed by atoms with van der Waals surface area (Å²) in [4.78, 5) is 30.3. The summed E-state index contributed by atoms with van der Waals surface area (Å²) in [5, 5.41) is 3.21. The van der Waals surface area contributed by atoms with E-state index in [0.29, 0.717) is 22.6 Å². The van der Waals surface area contributed by atoms with Gasteiger partial charge in [-0.15, -0.1) is 0 Å². The van der Waals surface area contributed by atoms with Crippen molar-refractivity contribution in [3.8, 4) is 0 Å². The van der Waals surface area contributed by atoms with Gasteiger partial charge < -0.3 is 5.32 Å². The van der Waals surface area contributed by atoms with E-state index >= 15 is 0 Å². The highest BCUT2D eigenvalue weighted by Crippen LogP contribution is 2.34. The minimum atomic E-state index is -4.58. The van der Waals surface area contributed by atoms with Gasteiger partial charge in [0.1, 0.15) is 0 Å². The van der Waals surface area contributed by atoms with Crippen LogP contribution >= 0.6 is 11.8 Å². The van der Waals surface area contributed by atoms with E-state index in [2.05, 4.69) is 16.4 Å². The van der Waals surface area contributed by atoms with E-state index in [-0.39, 0.29) is 17.0 Å². The highest BCUT2D eigenvalue weighted by Gasteiger charge is 2.33. The number of amides is 1. The molecule has 0 saturated carbocycles. The lowest BCUT2D eigenvalue weighted by molar-refractivity contribution is -0.137. The molecule has 0 bridgehead atoms. The van der Waals surface area contributed by atoms with Crippen molar-refractivity contribution in [2.45, 2.75) is 50.0 Å². The molecule has 9 heteroatoms. The molecule has 1 heterocycles. The lowest BCUT2D eigenvalue weighted by atomic mass is 9.97. The maximum absolute atomic E-state index is 13.2. The van der Waals surface area contributed by atoms with Crippen LogP contribution in [0, 0.1) is 0 Å². The third-order valence-electron chi connectivity index (χ3n) is 5.71. The molecular weight excluding hydrogens is 463 g/mol. The first-order chi connectivity index (χ1) is 16.3. The fourth-order valence-electron chi connectivity index (χ4n) is 4.00. The van der Waals surface area contributed by atoms with Gasteiger partial charge in [0.15, 0.2) is 5.16 Å². The van der Waals surface area contributed by atoms with Gasteiger partial charge in [0.2, 0.25) is 5.91 Å². The molecular formula is C25H24F3N3O2S. The second kappa shape index (κ2) is 10.5. The molecule has 0 spiro atoms. The van der Waals surface area contributed by atoms with Crippen molar-refractivity contribution in [1.29, 1.82) is 0 Å². The van der Waals surface area contributed by atoms with E-state index in [4.69, 9.17) is 0 Å². The molecule has 178 valence electrons. The number of nitrogens with one attached hydrogen (secondary N) is 1. The van der Waals surface area contributed by atoms with E-state index in [1.807, 2.05) is 0 Å². The average molecular weight is 488 g/mol. The summed E-state index contributed by atoms with van der Waals surface area (Å²) in [5.41, 5.74) is 0.436. The van der Waals surface area contributed by atoms with Crippen molar-refractivity contribution in [2.75, 3.05) is 11.1 Å². The predicted molar refractivity (Wildman–Crippen MR) is 128 cm³/mol. The summed E-state index contributed by atoms with van der Waals surface area (Å²) in [5.74, 6) is -0.787. The summed E-state index contributed by atoms with van der Waals surface area (Å²) < 4.78 is 41.2. The summed E-state index contributed by atoms with van der Waals surface area (Å²) in [6.07, 6.45) is 2.73. The second-order valence-corrected chi connectivity index (χ2v) is 9.05. The number of carbonyl (C=O) groups is 1. The number of hydrogen-bond donors (Lipinski definition) is 1. The van der Waals surface area contributed by atoms with Gasteiger partial charge in [-0.2, -0.15) is 13.2 Å². The van der Waals surface area contributed by atoms with Gasteiger partial charge in [-0.1, -0.05) is 47.7 Å². The van der Waals surface area contributed by atoms with E-state index in [9.17, 15) is 22.8 Å². The third-order valence-corrected chi connectivity index (χ3v) is 6.68. The molecule has 1 amide bonds. The van der Waals surface area contributed by atoms with Gasteiger partial charge in [0.25, 0.3) is 5.56 Å². The first-order valence-corrected chi connectivity index (χ1v) is 12.1. The first kappa shape index (κ1) is 24.1. The summed E-state index contributed by atoms with van der Waals surface area (Å²) >= 11 is 1.04. The SMILES string of the molecule is O=C(CSc1nc2ccccc2c(=O)n1CCC1=CCCCC1)Nc1ccccc1C(F)(F)F. The van der Waals surface area contributed by atoms with Gasteiger partial charge in [-0.3, -0.25) is 14.2 Å². The highest BCUT2D eigenvalue weighted by atomic mass is 32.2. The molecule has 1 aliphatic rings. The number of halogens is 3. The van der Waals surface area contributed by atoms with E-state index in [1.54, 1.807) is 28.8 Å². The Morgan fingerprint density at radius 2 is 1.85 bits per heavy atom. The number of rotatable bonds is 7. The first-order valence-electron chi connectivity index (χ1n) is 11.1. The lowest BCUT2D eigenvalue weighted by Gasteiger charge is -2.16. The number of hydrogen-bond acceptors (Lipinski definition) is 4. The number of alkyl halides is 3. The van der Waals surface area contributed by atoms with Gasteiger partial charge >= 0.3 is 6.18 Å². The normalized spacial score (nSPS) is 14.1. The molecule has 0 atom stereocenters. The Morgan fingerprint density at radius 1 is 1.09 bits per heavy atom. The molecule has 0 fully saturated rings. The largest absolute Gasteiger partial charge is 0.418 e. The van der Waals surface area contributed by atoms with Crippen molar-refractivity contribution >= 4 is 34.3 Å². The van der Waals surface area contributed by atoms with Crippen LogP contribution in [0.5, 0.6) is 0 Å². The Bertz CT molecular complexity index is 1280. The Kier molecular flexibility index (Phi) is 7.41. The quantitative estimate of drug-likeness (QED) is 0.251. The van der Waals surface area contributed by atoms with Crippen LogP contribution in [0.4, 0.5) is 18.9 Å². The molecule has 1 aliphatic carbocycles. The number of para-hydroxylation sites is 2. The average Bonchev–Trinajstić information content (AvgIpc) is 2.82. The summed E-state index contributed by atoms with van der Waals surface area (Å²) in [6, 6.07) is 11.8. The number of aromatic nitrogens is 2. The second-order valence-electron chi connectivity index (χ2n) is 8.11. The molecule has 0 radical (unpaired) electrons. The molecule has 4 rings (SSSR count). The molecule has 0 unspecified atom stereocenters. The minimum absolute atomic E-state index is 0.181. The predicted octanol–water partition coefficient (Wildman–Crippen LogP) is 6.04. The third kappa shape index (κ3) is 5.70. The number of nitrogens with zero attached hydrogens (tertiary/aromatic N) is 2. The Hall–Kier alpha value is -3.07. The molecule has 5 nitrogen and oxygen atoms in total. The highest BCUT2D eigenvalue weighted by molar-refractivity contribution is 7.99. The number of carbonyl (C=O) groups excluding carboxylic acids is 1.